The molecule has 0 amide bonds. The van der Waals surface area contributed by atoms with Gasteiger partial charge in [0.2, 0.25) is 0 Å². The summed E-state index contributed by atoms with van der Waals surface area (Å²) in [7, 11) is 0. The van der Waals surface area contributed by atoms with Gasteiger partial charge in [-0.2, -0.15) is 5.48 Å². The molecule has 3 nitrogen and oxygen atoms in total. The standard InChI is InChI=1S/C7H9Cl2NO2/c8-4-2-1-3-5(9)6(4)7(11)10-12/h1-4,6-7,10-12H. The summed E-state index contributed by atoms with van der Waals surface area (Å²) >= 11 is 11.6. The Hall–Kier alpha value is -0.0600. The quantitative estimate of drug-likeness (QED) is 0.364. The Morgan fingerprint density at radius 3 is 2.75 bits per heavy atom. The first kappa shape index (κ1) is 10.0. The topological polar surface area (TPSA) is 52.5 Å². The summed E-state index contributed by atoms with van der Waals surface area (Å²) in [4.78, 5) is 0. The fourth-order valence-electron chi connectivity index (χ4n) is 1.04. The summed E-state index contributed by atoms with van der Waals surface area (Å²) in [5, 5.41) is 17.7. The summed E-state index contributed by atoms with van der Waals surface area (Å²) < 4.78 is 0. The van der Waals surface area contributed by atoms with E-state index < -0.39 is 17.5 Å². The zero-order valence-corrected chi connectivity index (χ0v) is 7.63. The molecular weight excluding hydrogens is 201 g/mol. The van der Waals surface area contributed by atoms with Gasteiger partial charge < -0.3 is 10.3 Å². The Morgan fingerprint density at radius 1 is 1.58 bits per heavy atom. The minimum atomic E-state index is -1.14. The molecule has 0 fully saturated rings. The Balaban J connectivity index is 2.74. The Kier molecular flexibility index (Phi) is 3.55. The third kappa shape index (κ3) is 2.00. The lowest BCUT2D eigenvalue weighted by molar-refractivity contribution is -0.0221. The molecule has 0 aromatic carbocycles. The molecule has 0 radical (unpaired) electrons. The van der Waals surface area contributed by atoms with Gasteiger partial charge in [-0.05, 0) is 6.08 Å². The summed E-state index contributed by atoms with van der Waals surface area (Å²) in [6.07, 6.45) is 3.89. The monoisotopic (exact) mass is 209 g/mol. The molecule has 0 aromatic rings. The van der Waals surface area contributed by atoms with E-state index in [0.29, 0.717) is 5.03 Å². The van der Waals surface area contributed by atoms with Crippen molar-refractivity contribution in [2.45, 2.75) is 11.6 Å². The SMILES string of the molecule is ONC(O)C1C(Cl)=CC=CC1Cl. The molecule has 0 saturated heterocycles. The van der Waals surface area contributed by atoms with Gasteiger partial charge in [0.05, 0.1) is 11.3 Å². The molecule has 3 atom stereocenters. The van der Waals surface area contributed by atoms with Crippen molar-refractivity contribution in [3.63, 3.8) is 0 Å². The first-order valence-electron chi connectivity index (χ1n) is 3.42. The van der Waals surface area contributed by atoms with E-state index >= 15 is 0 Å². The van der Waals surface area contributed by atoms with Crippen molar-refractivity contribution < 1.29 is 10.3 Å². The third-order valence-corrected chi connectivity index (χ3v) is 2.48. The predicted molar refractivity (Wildman–Crippen MR) is 47.1 cm³/mol. The highest BCUT2D eigenvalue weighted by Crippen LogP contribution is 2.29. The molecule has 0 aromatic heterocycles. The summed E-state index contributed by atoms with van der Waals surface area (Å²) in [6.45, 7) is 0. The summed E-state index contributed by atoms with van der Waals surface area (Å²) in [5.41, 5.74) is 1.71. The van der Waals surface area contributed by atoms with Gasteiger partial charge in [0, 0.05) is 5.03 Å². The van der Waals surface area contributed by atoms with Crippen LogP contribution in [0.5, 0.6) is 0 Å². The van der Waals surface area contributed by atoms with Crippen LogP contribution in [0.25, 0.3) is 0 Å². The maximum absolute atomic E-state index is 9.22. The number of allylic oxidation sites excluding steroid dienone is 3. The number of aliphatic hydroxyl groups excluding tert-OH is 1. The number of alkyl halides is 1. The van der Waals surface area contributed by atoms with Crippen LogP contribution in [-0.4, -0.2) is 21.9 Å². The van der Waals surface area contributed by atoms with E-state index in [1.807, 2.05) is 0 Å². The predicted octanol–water partition coefficient (Wildman–Crippen LogP) is 1.20. The molecular formula is C7H9Cl2NO2. The largest absolute Gasteiger partial charge is 0.376 e. The smallest absolute Gasteiger partial charge is 0.136 e. The molecule has 1 aliphatic carbocycles. The van der Waals surface area contributed by atoms with Crippen LogP contribution in [-0.2, 0) is 0 Å². The lowest BCUT2D eigenvalue weighted by Gasteiger charge is -2.25. The molecule has 0 bridgehead atoms. The lowest BCUT2D eigenvalue weighted by Crippen LogP contribution is -2.38. The molecule has 0 aliphatic heterocycles. The van der Waals surface area contributed by atoms with Crippen molar-refractivity contribution in [3.05, 3.63) is 23.3 Å². The van der Waals surface area contributed by atoms with E-state index in [1.54, 1.807) is 23.7 Å². The number of nitrogens with one attached hydrogen (secondary N) is 1. The molecule has 3 unspecified atom stereocenters. The van der Waals surface area contributed by atoms with Crippen molar-refractivity contribution in [1.29, 1.82) is 0 Å². The Labute approximate surface area is 80.2 Å². The highest BCUT2D eigenvalue weighted by Gasteiger charge is 2.29. The maximum atomic E-state index is 9.22. The third-order valence-electron chi connectivity index (χ3n) is 1.68. The maximum Gasteiger partial charge on any atom is 0.136 e. The first-order valence-corrected chi connectivity index (χ1v) is 4.24. The first-order chi connectivity index (χ1) is 5.66. The van der Waals surface area contributed by atoms with Crippen LogP contribution in [0, 0.1) is 5.92 Å². The highest BCUT2D eigenvalue weighted by molar-refractivity contribution is 6.31. The van der Waals surface area contributed by atoms with Gasteiger partial charge in [0.25, 0.3) is 0 Å². The molecule has 0 saturated carbocycles. The normalized spacial score (nSPS) is 31.5. The minimum absolute atomic E-state index is 0.405. The minimum Gasteiger partial charge on any atom is -0.376 e. The fourth-order valence-corrected chi connectivity index (χ4v) is 1.79. The Bertz CT molecular complexity index is 217. The number of aliphatic hydroxyl groups is 1. The zero-order valence-electron chi connectivity index (χ0n) is 6.11. The molecule has 1 rings (SSSR count). The second-order valence-corrected chi connectivity index (χ2v) is 3.42. The van der Waals surface area contributed by atoms with Crippen molar-refractivity contribution in [3.8, 4) is 0 Å². The second-order valence-electron chi connectivity index (χ2n) is 2.48. The molecule has 3 N–H and O–H groups in total. The van der Waals surface area contributed by atoms with E-state index in [0.717, 1.165) is 0 Å². The van der Waals surface area contributed by atoms with Gasteiger partial charge in [-0.1, -0.05) is 23.8 Å². The number of halogens is 2. The zero-order chi connectivity index (χ0) is 9.14. The van der Waals surface area contributed by atoms with Crippen LogP contribution < -0.4 is 5.48 Å². The van der Waals surface area contributed by atoms with Crippen molar-refractivity contribution in [1.82, 2.24) is 5.48 Å². The van der Waals surface area contributed by atoms with Gasteiger partial charge in [-0.25, -0.2) is 0 Å². The molecule has 12 heavy (non-hydrogen) atoms. The summed E-state index contributed by atoms with van der Waals surface area (Å²) in [6, 6.07) is 0. The van der Waals surface area contributed by atoms with E-state index in [4.69, 9.17) is 28.4 Å². The van der Waals surface area contributed by atoms with Crippen LogP contribution in [0.1, 0.15) is 0 Å². The van der Waals surface area contributed by atoms with Crippen LogP contribution in [0.2, 0.25) is 0 Å². The number of hydroxylamine groups is 1. The fraction of sp³-hybridized carbons (Fsp3) is 0.429. The number of rotatable bonds is 2. The van der Waals surface area contributed by atoms with Crippen molar-refractivity contribution in [2.24, 2.45) is 5.92 Å². The summed E-state index contributed by atoms with van der Waals surface area (Å²) in [5.74, 6) is -0.497. The molecule has 68 valence electrons. The van der Waals surface area contributed by atoms with Crippen LogP contribution in [0.3, 0.4) is 0 Å². The van der Waals surface area contributed by atoms with Gasteiger partial charge in [0.1, 0.15) is 6.23 Å². The van der Waals surface area contributed by atoms with Gasteiger partial charge in [-0.3, -0.25) is 0 Å². The van der Waals surface area contributed by atoms with Gasteiger partial charge in [-0.15, -0.1) is 11.6 Å². The van der Waals surface area contributed by atoms with Crippen LogP contribution in [0.4, 0.5) is 0 Å². The van der Waals surface area contributed by atoms with E-state index in [1.165, 1.54) is 0 Å². The van der Waals surface area contributed by atoms with Crippen LogP contribution >= 0.6 is 23.2 Å². The van der Waals surface area contributed by atoms with Crippen molar-refractivity contribution in [2.75, 3.05) is 0 Å². The molecule has 0 heterocycles. The highest BCUT2D eigenvalue weighted by atomic mass is 35.5. The number of hydrogen-bond acceptors (Lipinski definition) is 3. The average Bonchev–Trinajstić information content (AvgIpc) is 2.03. The molecule has 0 spiro atoms. The lowest BCUT2D eigenvalue weighted by atomic mass is 9.98. The van der Waals surface area contributed by atoms with E-state index in [9.17, 15) is 5.11 Å². The van der Waals surface area contributed by atoms with Gasteiger partial charge >= 0.3 is 0 Å². The van der Waals surface area contributed by atoms with E-state index in [2.05, 4.69) is 0 Å². The number of hydrogen-bond donors (Lipinski definition) is 3. The molecule has 5 heteroatoms. The second kappa shape index (κ2) is 4.25. The van der Waals surface area contributed by atoms with Crippen molar-refractivity contribution >= 4 is 23.2 Å². The van der Waals surface area contributed by atoms with Crippen LogP contribution in [0.15, 0.2) is 23.3 Å². The Morgan fingerprint density at radius 2 is 2.25 bits per heavy atom. The average molecular weight is 210 g/mol. The molecule has 1 aliphatic rings. The van der Waals surface area contributed by atoms with Gasteiger partial charge in [0.15, 0.2) is 0 Å². The van der Waals surface area contributed by atoms with E-state index in [-0.39, 0.29) is 0 Å².